The molecular formula is C24H28OS. The van der Waals surface area contributed by atoms with Crippen molar-refractivity contribution in [3.8, 4) is 5.75 Å². The Labute approximate surface area is 161 Å². The van der Waals surface area contributed by atoms with E-state index in [1.165, 1.54) is 27.1 Å². The van der Waals surface area contributed by atoms with Gasteiger partial charge in [-0.3, -0.25) is 0 Å². The lowest BCUT2D eigenvalue weighted by molar-refractivity contribution is 0.303. The Kier molecular flexibility index (Phi) is 5.83. The normalized spacial score (nSPS) is 11.5. The molecule has 0 radical (unpaired) electrons. The van der Waals surface area contributed by atoms with Crippen LogP contribution in [0.2, 0.25) is 0 Å². The molecule has 26 heavy (non-hydrogen) atoms. The second-order valence-electron chi connectivity index (χ2n) is 7.03. The maximum Gasteiger partial charge on any atom is 0.122 e. The first-order chi connectivity index (χ1) is 12.6. The van der Waals surface area contributed by atoms with E-state index < -0.39 is 0 Å². The molecule has 0 atom stereocenters. The zero-order valence-electron chi connectivity index (χ0n) is 16.2. The summed E-state index contributed by atoms with van der Waals surface area (Å²) in [5.74, 6) is 0.973. The SMILES string of the molecule is CCC(CC)(c1ccc(OCc2ccccc2)c(C)c1)c1cc(C)cs1. The molecule has 0 spiro atoms. The van der Waals surface area contributed by atoms with Crippen molar-refractivity contribution in [2.75, 3.05) is 0 Å². The van der Waals surface area contributed by atoms with Crippen LogP contribution < -0.4 is 4.74 Å². The molecule has 2 aromatic carbocycles. The Bertz CT molecular complexity index is 844. The summed E-state index contributed by atoms with van der Waals surface area (Å²) >= 11 is 1.89. The third-order valence-electron chi connectivity index (χ3n) is 5.37. The van der Waals surface area contributed by atoms with E-state index in [-0.39, 0.29) is 5.41 Å². The highest BCUT2D eigenvalue weighted by atomic mass is 32.1. The van der Waals surface area contributed by atoms with Gasteiger partial charge in [0.1, 0.15) is 12.4 Å². The van der Waals surface area contributed by atoms with Crippen molar-refractivity contribution in [3.63, 3.8) is 0 Å². The molecule has 3 aromatic rings. The highest BCUT2D eigenvalue weighted by molar-refractivity contribution is 7.10. The number of hydrogen-bond acceptors (Lipinski definition) is 2. The van der Waals surface area contributed by atoms with Gasteiger partial charge in [0.2, 0.25) is 0 Å². The Hall–Kier alpha value is -2.06. The van der Waals surface area contributed by atoms with E-state index in [0.717, 1.165) is 18.6 Å². The third-order valence-corrected chi connectivity index (χ3v) is 6.63. The summed E-state index contributed by atoms with van der Waals surface area (Å²) in [5.41, 5.74) is 5.26. The molecule has 0 saturated heterocycles. The second kappa shape index (κ2) is 8.09. The standard InChI is InChI=1S/C24H28OS/c1-5-24(6-2,23-14-18(3)17-26-23)21-12-13-22(19(4)15-21)25-16-20-10-8-7-9-11-20/h7-15,17H,5-6,16H2,1-4H3. The predicted molar refractivity (Wildman–Crippen MR) is 112 cm³/mol. The zero-order chi connectivity index (χ0) is 18.6. The summed E-state index contributed by atoms with van der Waals surface area (Å²) in [6, 6.07) is 19.4. The summed E-state index contributed by atoms with van der Waals surface area (Å²) in [4.78, 5) is 1.47. The van der Waals surface area contributed by atoms with E-state index in [0.29, 0.717) is 6.61 Å². The zero-order valence-corrected chi connectivity index (χ0v) is 17.0. The maximum atomic E-state index is 6.07. The average molecular weight is 365 g/mol. The van der Waals surface area contributed by atoms with Gasteiger partial charge in [-0.05, 0) is 66.5 Å². The first kappa shape index (κ1) is 18.7. The number of hydrogen-bond donors (Lipinski definition) is 0. The third kappa shape index (κ3) is 3.71. The molecule has 0 aliphatic rings. The van der Waals surface area contributed by atoms with Crippen LogP contribution in [0.1, 0.15) is 53.8 Å². The highest BCUT2D eigenvalue weighted by Gasteiger charge is 2.32. The first-order valence-corrected chi connectivity index (χ1v) is 10.3. The van der Waals surface area contributed by atoms with Gasteiger partial charge in [-0.1, -0.05) is 56.3 Å². The predicted octanol–water partition coefficient (Wildman–Crippen LogP) is 7.05. The van der Waals surface area contributed by atoms with E-state index >= 15 is 0 Å². The molecule has 0 N–H and O–H groups in total. The Morgan fingerprint density at radius 1 is 0.923 bits per heavy atom. The van der Waals surface area contributed by atoms with E-state index in [1.807, 2.05) is 17.4 Å². The van der Waals surface area contributed by atoms with Crippen LogP contribution in [0.3, 0.4) is 0 Å². The summed E-state index contributed by atoms with van der Waals surface area (Å²) in [6.45, 7) is 9.54. The van der Waals surface area contributed by atoms with Crippen molar-refractivity contribution in [1.82, 2.24) is 0 Å². The smallest absolute Gasteiger partial charge is 0.122 e. The van der Waals surface area contributed by atoms with Gasteiger partial charge in [-0.2, -0.15) is 0 Å². The van der Waals surface area contributed by atoms with Crippen molar-refractivity contribution < 1.29 is 4.74 Å². The van der Waals surface area contributed by atoms with Crippen LogP contribution in [-0.2, 0) is 12.0 Å². The monoisotopic (exact) mass is 364 g/mol. The minimum Gasteiger partial charge on any atom is -0.489 e. The maximum absolute atomic E-state index is 6.07. The number of thiophene rings is 1. The Balaban J connectivity index is 1.87. The lowest BCUT2D eigenvalue weighted by Crippen LogP contribution is -2.25. The van der Waals surface area contributed by atoms with Crippen LogP contribution in [0.15, 0.2) is 60.0 Å². The molecule has 0 fully saturated rings. The van der Waals surface area contributed by atoms with Gasteiger partial charge >= 0.3 is 0 Å². The summed E-state index contributed by atoms with van der Waals surface area (Å²) < 4.78 is 6.07. The molecule has 0 aliphatic heterocycles. The Morgan fingerprint density at radius 2 is 1.65 bits per heavy atom. The van der Waals surface area contributed by atoms with Gasteiger partial charge in [0, 0.05) is 10.3 Å². The van der Waals surface area contributed by atoms with Gasteiger partial charge in [0.05, 0.1) is 0 Å². The largest absolute Gasteiger partial charge is 0.489 e. The highest BCUT2D eigenvalue weighted by Crippen LogP contribution is 2.42. The molecule has 1 nitrogen and oxygen atoms in total. The molecule has 0 unspecified atom stereocenters. The van der Waals surface area contributed by atoms with Crippen molar-refractivity contribution in [1.29, 1.82) is 0 Å². The quantitative estimate of drug-likeness (QED) is 0.436. The fraction of sp³-hybridized carbons (Fsp3) is 0.333. The molecule has 0 saturated carbocycles. The van der Waals surface area contributed by atoms with Crippen molar-refractivity contribution >= 4 is 11.3 Å². The Morgan fingerprint density at radius 3 is 2.23 bits per heavy atom. The topological polar surface area (TPSA) is 9.23 Å². The van der Waals surface area contributed by atoms with E-state index in [9.17, 15) is 0 Å². The molecule has 2 heteroatoms. The van der Waals surface area contributed by atoms with Crippen LogP contribution in [0.25, 0.3) is 0 Å². The molecule has 3 rings (SSSR count). The van der Waals surface area contributed by atoms with Gasteiger partial charge in [-0.25, -0.2) is 0 Å². The lowest BCUT2D eigenvalue weighted by atomic mass is 9.74. The molecule has 136 valence electrons. The van der Waals surface area contributed by atoms with Crippen LogP contribution in [0, 0.1) is 13.8 Å². The molecule has 1 heterocycles. The number of rotatable bonds is 7. The number of benzene rings is 2. The van der Waals surface area contributed by atoms with Crippen LogP contribution in [0.4, 0.5) is 0 Å². The van der Waals surface area contributed by atoms with Crippen molar-refractivity contribution in [2.45, 2.75) is 52.6 Å². The van der Waals surface area contributed by atoms with Crippen molar-refractivity contribution in [2.24, 2.45) is 0 Å². The minimum absolute atomic E-state index is 0.0989. The molecular weight excluding hydrogens is 336 g/mol. The lowest BCUT2D eigenvalue weighted by Gasteiger charge is -2.32. The van der Waals surface area contributed by atoms with Crippen LogP contribution in [0.5, 0.6) is 5.75 Å². The van der Waals surface area contributed by atoms with Gasteiger partial charge in [-0.15, -0.1) is 11.3 Å². The summed E-state index contributed by atoms with van der Waals surface area (Å²) in [7, 11) is 0. The minimum atomic E-state index is 0.0989. The molecule has 0 amide bonds. The number of ether oxygens (including phenoxy) is 1. The molecule has 0 bridgehead atoms. The second-order valence-corrected chi connectivity index (χ2v) is 7.94. The van der Waals surface area contributed by atoms with E-state index in [1.54, 1.807) is 0 Å². The first-order valence-electron chi connectivity index (χ1n) is 9.42. The van der Waals surface area contributed by atoms with Crippen LogP contribution in [-0.4, -0.2) is 0 Å². The van der Waals surface area contributed by atoms with Gasteiger partial charge in [0.25, 0.3) is 0 Å². The fourth-order valence-corrected chi connectivity index (χ4v) is 4.94. The summed E-state index contributed by atoms with van der Waals surface area (Å²) in [5, 5.41) is 2.26. The van der Waals surface area contributed by atoms with E-state index in [2.05, 4.69) is 81.6 Å². The average Bonchev–Trinajstić information content (AvgIpc) is 3.10. The van der Waals surface area contributed by atoms with Crippen LogP contribution >= 0.6 is 11.3 Å². The summed E-state index contributed by atoms with van der Waals surface area (Å²) in [6.07, 6.45) is 2.21. The van der Waals surface area contributed by atoms with E-state index in [4.69, 9.17) is 4.74 Å². The van der Waals surface area contributed by atoms with Gasteiger partial charge < -0.3 is 4.74 Å². The fourth-order valence-electron chi connectivity index (χ4n) is 3.68. The molecule has 0 aliphatic carbocycles. The van der Waals surface area contributed by atoms with Crippen molar-refractivity contribution in [3.05, 3.63) is 87.1 Å². The number of aryl methyl sites for hydroxylation is 2. The van der Waals surface area contributed by atoms with Gasteiger partial charge in [0.15, 0.2) is 0 Å². The molecule has 1 aromatic heterocycles.